The SMILES string of the molecule is CCCNc1ccc(-c2nc3ccccc3n2CCC)cc1. The highest BCUT2D eigenvalue weighted by atomic mass is 15.1. The molecule has 3 aromatic rings. The van der Waals surface area contributed by atoms with Gasteiger partial charge in [-0.1, -0.05) is 26.0 Å². The van der Waals surface area contributed by atoms with Gasteiger partial charge < -0.3 is 9.88 Å². The van der Waals surface area contributed by atoms with E-state index >= 15 is 0 Å². The fourth-order valence-corrected chi connectivity index (χ4v) is 2.75. The van der Waals surface area contributed by atoms with E-state index in [0.29, 0.717) is 0 Å². The molecule has 0 amide bonds. The van der Waals surface area contributed by atoms with Crippen LogP contribution in [0.25, 0.3) is 22.4 Å². The summed E-state index contributed by atoms with van der Waals surface area (Å²) in [4.78, 5) is 4.84. The third-order valence-electron chi connectivity index (χ3n) is 3.82. The molecule has 114 valence electrons. The van der Waals surface area contributed by atoms with Crippen molar-refractivity contribution >= 4 is 16.7 Å². The summed E-state index contributed by atoms with van der Waals surface area (Å²) in [6.07, 6.45) is 2.23. The molecule has 0 unspecified atom stereocenters. The second kappa shape index (κ2) is 6.65. The van der Waals surface area contributed by atoms with E-state index in [-0.39, 0.29) is 0 Å². The van der Waals surface area contributed by atoms with Gasteiger partial charge in [0.2, 0.25) is 0 Å². The lowest BCUT2D eigenvalue weighted by Gasteiger charge is -2.09. The lowest BCUT2D eigenvalue weighted by Crippen LogP contribution is -2.01. The standard InChI is InChI=1S/C19H23N3/c1-3-13-20-16-11-9-15(10-12-16)19-21-17-7-5-6-8-18(17)22(19)14-4-2/h5-12,20H,3-4,13-14H2,1-2H3. The zero-order valence-corrected chi connectivity index (χ0v) is 13.3. The van der Waals surface area contributed by atoms with Gasteiger partial charge in [-0.3, -0.25) is 0 Å². The van der Waals surface area contributed by atoms with Gasteiger partial charge in [0.05, 0.1) is 11.0 Å². The molecule has 1 aromatic heterocycles. The molecule has 0 fully saturated rings. The quantitative estimate of drug-likeness (QED) is 0.698. The van der Waals surface area contributed by atoms with Crippen molar-refractivity contribution in [2.45, 2.75) is 33.2 Å². The van der Waals surface area contributed by atoms with Crippen molar-refractivity contribution < 1.29 is 0 Å². The van der Waals surface area contributed by atoms with Crippen molar-refractivity contribution in [3.63, 3.8) is 0 Å². The van der Waals surface area contributed by atoms with Crippen molar-refractivity contribution in [3.05, 3.63) is 48.5 Å². The Balaban J connectivity index is 1.99. The van der Waals surface area contributed by atoms with Crippen LogP contribution in [-0.4, -0.2) is 16.1 Å². The molecule has 3 nitrogen and oxygen atoms in total. The number of para-hydroxylation sites is 2. The Kier molecular flexibility index (Phi) is 4.42. The zero-order valence-electron chi connectivity index (χ0n) is 13.3. The molecule has 0 aliphatic heterocycles. The predicted molar refractivity (Wildman–Crippen MR) is 94.2 cm³/mol. The molecule has 2 aromatic carbocycles. The minimum absolute atomic E-state index is 0.992. The van der Waals surface area contributed by atoms with Crippen LogP contribution in [0.3, 0.4) is 0 Å². The van der Waals surface area contributed by atoms with E-state index < -0.39 is 0 Å². The third kappa shape index (κ3) is 2.84. The number of anilines is 1. The van der Waals surface area contributed by atoms with Crippen LogP contribution in [0.2, 0.25) is 0 Å². The molecule has 0 aliphatic rings. The number of rotatable bonds is 6. The zero-order chi connectivity index (χ0) is 15.4. The Morgan fingerprint density at radius 1 is 0.955 bits per heavy atom. The lowest BCUT2D eigenvalue weighted by atomic mass is 10.2. The molecule has 1 heterocycles. The van der Waals surface area contributed by atoms with Gasteiger partial charge in [-0.2, -0.15) is 0 Å². The minimum atomic E-state index is 0.992. The van der Waals surface area contributed by atoms with Crippen molar-refractivity contribution in [2.24, 2.45) is 0 Å². The van der Waals surface area contributed by atoms with Crippen molar-refractivity contribution in [2.75, 3.05) is 11.9 Å². The monoisotopic (exact) mass is 293 g/mol. The molecule has 0 atom stereocenters. The van der Waals surface area contributed by atoms with E-state index in [4.69, 9.17) is 4.98 Å². The topological polar surface area (TPSA) is 29.9 Å². The van der Waals surface area contributed by atoms with Gasteiger partial charge in [0.25, 0.3) is 0 Å². The summed E-state index contributed by atoms with van der Waals surface area (Å²) in [6, 6.07) is 17.0. The molecular weight excluding hydrogens is 270 g/mol. The first kappa shape index (κ1) is 14.6. The van der Waals surface area contributed by atoms with Crippen LogP contribution < -0.4 is 5.32 Å². The average Bonchev–Trinajstić information content (AvgIpc) is 2.93. The van der Waals surface area contributed by atoms with Crippen LogP contribution in [0.5, 0.6) is 0 Å². The summed E-state index contributed by atoms with van der Waals surface area (Å²) >= 11 is 0. The van der Waals surface area contributed by atoms with E-state index in [1.165, 1.54) is 16.8 Å². The summed E-state index contributed by atoms with van der Waals surface area (Å²) in [7, 11) is 0. The second-order valence-electron chi connectivity index (χ2n) is 5.58. The number of nitrogens with zero attached hydrogens (tertiary/aromatic N) is 2. The largest absolute Gasteiger partial charge is 0.385 e. The number of fused-ring (bicyclic) bond motifs is 1. The lowest BCUT2D eigenvalue weighted by molar-refractivity contribution is 0.704. The normalized spacial score (nSPS) is 11.0. The van der Waals surface area contributed by atoms with E-state index in [1.807, 2.05) is 6.07 Å². The molecule has 0 spiro atoms. The molecule has 3 rings (SSSR count). The van der Waals surface area contributed by atoms with Crippen LogP contribution >= 0.6 is 0 Å². The highest BCUT2D eigenvalue weighted by molar-refractivity contribution is 5.80. The molecule has 0 radical (unpaired) electrons. The number of hydrogen-bond acceptors (Lipinski definition) is 2. The van der Waals surface area contributed by atoms with Gasteiger partial charge in [-0.15, -0.1) is 0 Å². The van der Waals surface area contributed by atoms with Gasteiger partial charge in [-0.25, -0.2) is 4.98 Å². The fraction of sp³-hybridized carbons (Fsp3) is 0.316. The van der Waals surface area contributed by atoms with E-state index in [2.05, 4.69) is 66.2 Å². The first-order valence-electron chi connectivity index (χ1n) is 8.13. The van der Waals surface area contributed by atoms with E-state index in [9.17, 15) is 0 Å². The van der Waals surface area contributed by atoms with Crippen molar-refractivity contribution in [1.82, 2.24) is 9.55 Å². The molecule has 1 N–H and O–H groups in total. The molecule has 22 heavy (non-hydrogen) atoms. The van der Waals surface area contributed by atoms with Crippen LogP contribution in [-0.2, 0) is 6.54 Å². The van der Waals surface area contributed by atoms with Gasteiger partial charge >= 0.3 is 0 Å². The highest BCUT2D eigenvalue weighted by Crippen LogP contribution is 2.26. The summed E-state index contributed by atoms with van der Waals surface area (Å²) < 4.78 is 2.32. The van der Waals surface area contributed by atoms with Gasteiger partial charge in [0, 0.05) is 24.3 Å². The Hall–Kier alpha value is -2.29. The van der Waals surface area contributed by atoms with Crippen LogP contribution in [0.15, 0.2) is 48.5 Å². The smallest absolute Gasteiger partial charge is 0.141 e. The van der Waals surface area contributed by atoms with Crippen LogP contribution in [0, 0.1) is 0 Å². The average molecular weight is 293 g/mol. The maximum Gasteiger partial charge on any atom is 0.141 e. The molecule has 0 aliphatic carbocycles. The molecule has 0 saturated heterocycles. The van der Waals surface area contributed by atoms with E-state index in [1.54, 1.807) is 0 Å². The maximum atomic E-state index is 4.84. The molecule has 3 heteroatoms. The number of benzene rings is 2. The van der Waals surface area contributed by atoms with E-state index in [0.717, 1.165) is 37.3 Å². The van der Waals surface area contributed by atoms with Gasteiger partial charge in [0.15, 0.2) is 0 Å². The third-order valence-corrected chi connectivity index (χ3v) is 3.82. The Morgan fingerprint density at radius 3 is 2.45 bits per heavy atom. The first-order valence-corrected chi connectivity index (χ1v) is 8.13. The number of hydrogen-bond donors (Lipinski definition) is 1. The molecule has 0 bridgehead atoms. The summed E-state index contributed by atoms with van der Waals surface area (Å²) in [5, 5.41) is 3.41. The number of aromatic nitrogens is 2. The second-order valence-corrected chi connectivity index (χ2v) is 5.58. The van der Waals surface area contributed by atoms with Crippen LogP contribution in [0.4, 0.5) is 5.69 Å². The summed E-state index contributed by atoms with van der Waals surface area (Å²) in [6.45, 7) is 6.38. The van der Waals surface area contributed by atoms with Gasteiger partial charge in [-0.05, 0) is 49.2 Å². The Labute approximate surface area is 132 Å². The van der Waals surface area contributed by atoms with Crippen LogP contribution in [0.1, 0.15) is 26.7 Å². The predicted octanol–water partition coefficient (Wildman–Crippen LogP) is 4.94. The summed E-state index contributed by atoms with van der Waals surface area (Å²) in [5.74, 6) is 1.06. The molecular formula is C19H23N3. The van der Waals surface area contributed by atoms with Crippen molar-refractivity contribution in [3.8, 4) is 11.4 Å². The van der Waals surface area contributed by atoms with Crippen molar-refractivity contribution in [1.29, 1.82) is 0 Å². The number of aryl methyl sites for hydroxylation is 1. The Bertz CT molecular complexity index is 741. The molecule has 0 saturated carbocycles. The minimum Gasteiger partial charge on any atom is -0.385 e. The highest BCUT2D eigenvalue weighted by Gasteiger charge is 2.11. The van der Waals surface area contributed by atoms with Gasteiger partial charge in [0.1, 0.15) is 5.82 Å². The number of imidazole rings is 1. The summed E-state index contributed by atoms with van der Waals surface area (Å²) in [5.41, 5.74) is 4.63. The first-order chi connectivity index (χ1) is 10.8. The number of nitrogens with one attached hydrogen (secondary N) is 1. The Morgan fingerprint density at radius 2 is 1.73 bits per heavy atom. The maximum absolute atomic E-state index is 4.84. The fourth-order valence-electron chi connectivity index (χ4n) is 2.75.